The van der Waals surface area contributed by atoms with Crippen LogP contribution in [-0.2, 0) is 14.3 Å². The molecule has 9 nitrogen and oxygen atoms in total. The standard InChI is InChI=1S/C27H32N2O7/c1-17-15-18(33-2)5-7-20(17)25(30)23-24(21-16-19(34-3)6-8-22(21)35-4)29(27(32)26(23)31)10-9-28-11-13-36-14-12-28/h5-8,15-16,24,30H,9-14H2,1-4H3. The molecule has 0 aromatic heterocycles. The van der Waals surface area contributed by atoms with Crippen molar-refractivity contribution in [1.82, 2.24) is 9.80 Å². The zero-order valence-electron chi connectivity index (χ0n) is 21.1. The highest BCUT2D eigenvalue weighted by atomic mass is 16.5. The van der Waals surface area contributed by atoms with Gasteiger partial charge in [0.2, 0.25) is 0 Å². The Morgan fingerprint density at radius 1 is 0.972 bits per heavy atom. The van der Waals surface area contributed by atoms with Crippen molar-refractivity contribution in [3.05, 3.63) is 58.7 Å². The molecule has 192 valence electrons. The Morgan fingerprint density at radius 2 is 1.64 bits per heavy atom. The number of methoxy groups -OCH3 is 3. The summed E-state index contributed by atoms with van der Waals surface area (Å²) >= 11 is 0. The van der Waals surface area contributed by atoms with E-state index in [2.05, 4.69) is 4.90 Å². The van der Waals surface area contributed by atoms with Gasteiger partial charge in [-0.2, -0.15) is 0 Å². The number of aliphatic hydroxyl groups excluding tert-OH is 1. The Morgan fingerprint density at radius 3 is 2.28 bits per heavy atom. The lowest BCUT2D eigenvalue weighted by molar-refractivity contribution is -0.140. The van der Waals surface area contributed by atoms with Crippen LogP contribution in [0.2, 0.25) is 0 Å². The molecule has 1 N–H and O–H groups in total. The molecule has 1 unspecified atom stereocenters. The fraction of sp³-hybridized carbons (Fsp3) is 0.407. The number of morpholine rings is 1. The van der Waals surface area contributed by atoms with Crippen LogP contribution in [0.15, 0.2) is 42.0 Å². The maximum absolute atomic E-state index is 13.4. The van der Waals surface area contributed by atoms with Gasteiger partial charge >= 0.3 is 0 Å². The molecule has 1 atom stereocenters. The summed E-state index contributed by atoms with van der Waals surface area (Å²) in [5, 5.41) is 11.4. The molecular formula is C27H32N2O7. The van der Waals surface area contributed by atoms with Gasteiger partial charge in [-0.05, 0) is 48.9 Å². The van der Waals surface area contributed by atoms with Crippen LogP contribution in [0.3, 0.4) is 0 Å². The Labute approximate surface area is 210 Å². The van der Waals surface area contributed by atoms with Crippen molar-refractivity contribution in [3.8, 4) is 17.2 Å². The number of hydrogen-bond donors (Lipinski definition) is 1. The van der Waals surface area contributed by atoms with E-state index in [0.717, 1.165) is 13.1 Å². The van der Waals surface area contributed by atoms with E-state index >= 15 is 0 Å². The van der Waals surface area contributed by atoms with Gasteiger partial charge in [-0.3, -0.25) is 14.5 Å². The second kappa shape index (κ2) is 11.0. The lowest BCUT2D eigenvalue weighted by Gasteiger charge is -2.31. The van der Waals surface area contributed by atoms with Crippen molar-refractivity contribution in [2.24, 2.45) is 0 Å². The average molecular weight is 497 g/mol. The Bertz CT molecular complexity index is 1170. The number of amides is 1. The van der Waals surface area contributed by atoms with E-state index in [1.54, 1.807) is 50.6 Å². The van der Waals surface area contributed by atoms with Crippen molar-refractivity contribution in [1.29, 1.82) is 0 Å². The van der Waals surface area contributed by atoms with E-state index < -0.39 is 17.7 Å². The number of rotatable bonds is 8. The lowest BCUT2D eigenvalue weighted by atomic mass is 9.93. The number of carbonyl (C=O) groups excluding carboxylic acids is 2. The van der Waals surface area contributed by atoms with Gasteiger partial charge in [0.25, 0.3) is 11.7 Å². The van der Waals surface area contributed by atoms with Gasteiger partial charge in [0.15, 0.2) is 0 Å². The van der Waals surface area contributed by atoms with Crippen molar-refractivity contribution in [3.63, 3.8) is 0 Å². The van der Waals surface area contributed by atoms with E-state index in [1.165, 1.54) is 12.0 Å². The molecule has 0 bridgehead atoms. The van der Waals surface area contributed by atoms with Crippen LogP contribution in [0, 0.1) is 6.92 Å². The molecule has 2 fully saturated rings. The van der Waals surface area contributed by atoms with Crippen LogP contribution >= 0.6 is 0 Å². The molecule has 2 aromatic rings. The number of hydrogen-bond acceptors (Lipinski definition) is 8. The number of benzene rings is 2. The first-order valence-electron chi connectivity index (χ1n) is 11.8. The van der Waals surface area contributed by atoms with Crippen LogP contribution < -0.4 is 14.2 Å². The van der Waals surface area contributed by atoms with Gasteiger partial charge in [0.05, 0.1) is 46.2 Å². The molecule has 1 amide bonds. The fourth-order valence-corrected chi connectivity index (χ4v) is 4.73. The molecule has 0 saturated carbocycles. The highest BCUT2D eigenvalue weighted by molar-refractivity contribution is 6.46. The second-order valence-electron chi connectivity index (χ2n) is 8.74. The van der Waals surface area contributed by atoms with Gasteiger partial charge in [-0.15, -0.1) is 0 Å². The molecule has 4 rings (SSSR count). The lowest BCUT2D eigenvalue weighted by Crippen LogP contribution is -2.42. The number of aryl methyl sites for hydroxylation is 1. The minimum absolute atomic E-state index is 0.0156. The molecule has 36 heavy (non-hydrogen) atoms. The minimum atomic E-state index is -0.849. The number of carbonyl (C=O) groups is 2. The van der Waals surface area contributed by atoms with Crippen molar-refractivity contribution in [2.75, 3.05) is 60.7 Å². The van der Waals surface area contributed by atoms with Crippen LogP contribution in [0.1, 0.15) is 22.7 Å². The molecule has 9 heteroatoms. The molecule has 0 aliphatic carbocycles. The SMILES string of the molecule is COc1ccc(C(O)=C2C(=O)C(=O)N(CCN3CCOCC3)C2c2cc(OC)ccc2OC)c(C)c1. The number of likely N-dealkylation sites (tertiary alicyclic amines) is 1. The summed E-state index contributed by atoms with van der Waals surface area (Å²) in [4.78, 5) is 30.5. The van der Waals surface area contributed by atoms with Crippen molar-refractivity contribution < 1.29 is 33.6 Å². The van der Waals surface area contributed by atoms with E-state index in [-0.39, 0.29) is 11.3 Å². The summed E-state index contributed by atoms with van der Waals surface area (Å²) in [7, 11) is 4.63. The maximum atomic E-state index is 13.4. The summed E-state index contributed by atoms with van der Waals surface area (Å²) in [5.74, 6) is 0.0188. The molecule has 2 aromatic carbocycles. The molecule has 2 aliphatic rings. The largest absolute Gasteiger partial charge is 0.507 e. The Kier molecular flexibility index (Phi) is 7.81. The third-order valence-electron chi connectivity index (χ3n) is 6.72. The topological polar surface area (TPSA) is 97.8 Å². The Balaban J connectivity index is 1.84. The highest BCUT2D eigenvalue weighted by Crippen LogP contribution is 2.44. The van der Waals surface area contributed by atoms with Crippen LogP contribution in [0.4, 0.5) is 0 Å². The van der Waals surface area contributed by atoms with E-state index in [0.29, 0.717) is 60.2 Å². The summed E-state index contributed by atoms with van der Waals surface area (Å²) in [6, 6.07) is 9.53. The molecular weight excluding hydrogens is 464 g/mol. The van der Waals surface area contributed by atoms with Gasteiger partial charge in [0, 0.05) is 37.3 Å². The number of aliphatic hydroxyl groups is 1. The van der Waals surface area contributed by atoms with E-state index in [9.17, 15) is 14.7 Å². The first kappa shape index (κ1) is 25.5. The van der Waals surface area contributed by atoms with Crippen LogP contribution in [0.5, 0.6) is 17.2 Å². The molecule has 0 spiro atoms. The first-order chi connectivity index (χ1) is 17.4. The molecule has 0 radical (unpaired) electrons. The monoisotopic (exact) mass is 496 g/mol. The number of nitrogens with zero attached hydrogens (tertiary/aromatic N) is 2. The van der Waals surface area contributed by atoms with E-state index in [1.807, 2.05) is 6.92 Å². The minimum Gasteiger partial charge on any atom is -0.507 e. The first-order valence-corrected chi connectivity index (χ1v) is 11.8. The van der Waals surface area contributed by atoms with E-state index in [4.69, 9.17) is 18.9 Å². The Hall–Kier alpha value is -3.56. The normalized spacial score (nSPS) is 20.0. The molecule has 2 saturated heterocycles. The second-order valence-corrected chi connectivity index (χ2v) is 8.74. The third-order valence-corrected chi connectivity index (χ3v) is 6.72. The average Bonchev–Trinajstić information content (AvgIpc) is 3.16. The van der Waals surface area contributed by atoms with Gasteiger partial charge < -0.3 is 29.0 Å². The van der Waals surface area contributed by atoms with Crippen LogP contribution in [0.25, 0.3) is 5.76 Å². The summed E-state index contributed by atoms with van der Waals surface area (Å²) < 4.78 is 21.7. The fourth-order valence-electron chi connectivity index (χ4n) is 4.73. The smallest absolute Gasteiger partial charge is 0.295 e. The number of ether oxygens (including phenoxy) is 4. The van der Waals surface area contributed by atoms with Gasteiger partial charge in [0.1, 0.15) is 23.0 Å². The predicted octanol–water partition coefficient (Wildman–Crippen LogP) is 2.77. The number of Topliss-reactive ketones (excluding diaryl/α,β-unsaturated/α-hetero) is 1. The number of ketones is 1. The predicted molar refractivity (Wildman–Crippen MR) is 134 cm³/mol. The summed E-state index contributed by atoms with van der Waals surface area (Å²) in [6.45, 7) is 5.44. The summed E-state index contributed by atoms with van der Waals surface area (Å²) in [6.07, 6.45) is 0. The molecule has 2 heterocycles. The highest BCUT2D eigenvalue weighted by Gasteiger charge is 2.47. The molecule has 2 aliphatic heterocycles. The zero-order valence-corrected chi connectivity index (χ0v) is 21.1. The third kappa shape index (κ3) is 4.89. The maximum Gasteiger partial charge on any atom is 0.295 e. The van der Waals surface area contributed by atoms with Crippen molar-refractivity contribution >= 4 is 17.4 Å². The summed E-state index contributed by atoms with van der Waals surface area (Å²) in [5.41, 5.74) is 1.74. The quantitative estimate of drug-likeness (QED) is 0.339. The zero-order chi connectivity index (χ0) is 25.8. The van der Waals surface area contributed by atoms with Crippen molar-refractivity contribution in [2.45, 2.75) is 13.0 Å². The van der Waals surface area contributed by atoms with Gasteiger partial charge in [-0.1, -0.05) is 0 Å². The van der Waals surface area contributed by atoms with Gasteiger partial charge in [-0.25, -0.2) is 0 Å². The van der Waals surface area contributed by atoms with Crippen LogP contribution in [-0.4, -0.2) is 87.3 Å².